The molecule has 0 spiro atoms. The van der Waals surface area contributed by atoms with E-state index < -0.39 is 5.82 Å². The Balaban J connectivity index is 1.44. The van der Waals surface area contributed by atoms with Crippen molar-refractivity contribution in [1.82, 2.24) is 15.1 Å². The lowest BCUT2D eigenvalue weighted by molar-refractivity contribution is -0.122. The van der Waals surface area contributed by atoms with E-state index in [9.17, 15) is 14.0 Å². The van der Waals surface area contributed by atoms with Crippen LogP contribution in [0.3, 0.4) is 0 Å². The normalized spacial score (nSPS) is 15.7. The number of rotatable bonds is 7. The third-order valence-corrected chi connectivity index (χ3v) is 5.44. The molecule has 6 heteroatoms. The molecule has 0 radical (unpaired) electrons. The van der Waals surface area contributed by atoms with E-state index in [0.29, 0.717) is 45.2 Å². The number of halogens is 1. The molecule has 1 heterocycles. The van der Waals surface area contributed by atoms with Crippen LogP contribution in [-0.4, -0.2) is 60.9 Å². The van der Waals surface area contributed by atoms with Crippen LogP contribution in [0.1, 0.15) is 35.2 Å². The lowest BCUT2D eigenvalue weighted by Gasteiger charge is -2.34. The molecule has 0 aliphatic carbocycles. The van der Waals surface area contributed by atoms with Gasteiger partial charge in [0, 0.05) is 38.6 Å². The summed E-state index contributed by atoms with van der Waals surface area (Å²) in [5, 5.41) is 3.04. The summed E-state index contributed by atoms with van der Waals surface area (Å²) in [6, 6.07) is 16.2. The molecule has 154 valence electrons. The number of carbonyl (C=O) groups excluding carboxylic acids is 2. The predicted octanol–water partition coefficient (Wildman–Crippen LogP) is 2.89. The summed E-state index contributed by atoms with van der Waals surface area (Å²) < 4.78 is 13.8. The highest BCUT2D eigenvalue weighted by molar-refractivity contribution is 5.94. The molecule has 5 nitrogen and oxygen atoms in total. The maximum absolute atomic E-state index is 13.8. The molecule has 3 rings (SSSR count). The van der Waals surface area contributed by atoms with Gasteiger partial charge in [0.05, 0.1) is 12.1 Å². The molecular formula is C23H28FN3O2. The Bertz CT molecular complexity index is 820. The fraction of sp³-hybridized carbons (Fsp3) is 0.391. The maximum Gasteiger partial charge on any atom is 0.256 e. The van der Waals surface area contributed by atoms with Gasteiger partial charge in [-0.2, -0.15) is 0 Å². The quantitative estimate of drug-likeness (QED) is 0.782. The molecular weight excluding hydrogens is 369 g/mol. The van der Waals surface area contributed by atoms with Gasteiger partial charge in [0.15, 0.2) is 0 Å². The molecule has 1 unspecified atom stereocenters. The van der Waals surface area contributed by atoms with E-state index in [-0.39, 0.29) is 17.4 Å². The summed E-state index contributed by atoms with van der Waals surface area (Å²) in [4.78, 5) is 28.5. The molecule has 2 aromatic rings. The SMILES string of the molecule is CCC(CNC(=O)CN1CCN(C(=O)c2ccccc2F)CC1)c1ccccc1. The second-order valence-corrected chi connectivity index (χ2v) is 7.37. The average molecular weight is 397 g/mol. The molecule has 0 saturated carbocycles. The molecule has 1 atom stereocenters. The van der Waals surface area contributed by atoms with Gasteiger partial charge >= 0.3 is 0 Å². The van der Waals surface area contributed by atoms with Crippen LogP contribution < -0.4 is 5.32 Å². The molecule has 1 saturated heterocycles. The van der Waals surface area contributed by atoms with Crippen LogP contribution in [0.4, 0.5) is 4.39 Å². The number of hydrogen-bond donors (Lipinski definition) is 1. The lowest BCUT2D eigenvalue weighted by atomic mass is 9.96. The Kier molecular flexibility index (Phi) is 7.36. The fourth-order valence-electron chi connectivity index (χ4n) is 3.63. The minimum atomic E-state index is -0.497. The first-order valence-electron chi connectivity index (χ1n) is 10.2. The summed E-state index contributed by atoms with van der Waals surface area (Å²) in [6.07, 6.45) is 0.959. The van der Waals surface area contributed by atoms with Crippen LogP contribution in [0, 0.1) is 5.82 Å². The maximum atomic E-state index is 13.8. The van der Waals surface area contributed by atoms with Crippen molar-refractivity contribution in [2.45, 2.75) is 19.3 Å². The smallest absolute Gasteiger partial charge is 0.256 e. The van der Waals surface area contributed by atoms with Gasteiger partial charge in [0.1, 0.15) is 5.82 Å². The highest BCUT2D eigenvalue weighted by atomic mass is 19.1. The highest BCUT2D eigenvalue weighted by Gasteiger charge is 2.25. The third kappa shape index (κ3) is 5.64. The van der Waals surface area contributed by atoms with Crippen LogP contribution in [0.2, 0.25) is 0 Å². The van der Waals surface area contributed by atoms with Gasteiger partial charge < -0.3 is 10.2 Å². The van der Waals surface area contributed by atoms with Crippen LogP contribution in [0.15, 0.2) is 54.6 Å². The Labute approximate surface area is 171 Å². The first-order valence-corrected chi connectivity index (χ1v) is 10.2. The van der Waals surface area contributed by atoms with Gasteiger partial charge in [-0.05, 0) is 24.1 Å². The van der Waals surface area contributed by atoms with Crippen molar-refractivity contribution in [2.24, 2.45) is 0 Å². The highest BCUT2D eigenvalue weighted by Crippen LogP contribution is 2.18. The Morgan fingerprint density at radius 1 is 1.00 bits per heavy atom. The molecule has 29 heavy (non-hydrogen) atoms. The zero-order valence-electron chi connectivity index (χ0n) is 16.8. The molecule has 2 aromatic carbocycles. The number of hydrogen-bond acceptors (Lipinski definition) is 3. The predicted molar refractivity (Wildman–Crippen MR) is 111 cm³/mol. The van der Waals surface area contributed by atoms with Crippen LogP contribution in [0.5, 0.6) is 0 Å². The van der Waals surface area contributed by atoms with Gasteiger partial charge in [-0.15, -0.1) is 0 Å². The van der Waals surface area contributed by atoms with E-state index in [1.165, 1.54) is 17.7 Å². The minimum absolute atomic E-state index is 0.00624. The van der Waals surface area contributed by atoms with E-state index >= 15 is 0 Å². The van der Waals surface area contributed by atoms with E-state index in [4.69, 9.17) is 0 Å². The van der Waals surface area contributed by atoms with Crippen LogP contribution >= 0.6 is 0 Å². The van der Waals surface area contributed by atoms with Gasteiger partial charge in [-0.3, -0.25) is 14.5 Å². The van der Waals surface area contributed by atoms with Crippen molar-refractivity contribution in [3.05, 3.63) is 71.5 Å². The van der Waals surface area contributed by atoms with E-state index in [1.54, 1.807) is 17.0 Å². The van der Waals surface area contributed by atoms with Crippen molar-refractivity contribution < 1.29 is 14.0 Å². The fourth-order valence-corrected chi connectivity index (χ4v) is 3.63. The summed E-state index contributed by atoms with van der Waals surface area (Å²) in [7, 11) is 0. The van der Waals surface area contributed by atoms with Crippen molar-refractivity contribution in [3.63, 3.8) is 0 Å². The third-order valence-electron chi connectivity index (χ3n) is 5.44. The van der Waals surface area contributed by atoms with Crippen molar-refractivity contribution >= 4 is 11.8 Å². The van der Waals surface area contributed by atoms with Crippen molar-refractivity contribution in [3.8, 4) is 0 Å². The largest absolute Gasteiger partial charge is 0.354 e. The lowest BCUT2D eigenvalue weighted by Crippen LogP contribution is -2.51. The van der Waals surface area contributed by atoms with Crippen molar-refractivity contribution in [1.29, 1.82) is 0 Å². The Hall–Kier alpha value is -2.73. The molecule has 1 aliphatic heterocycles. The Morgan fingerprint density at radius 3 is 2.31 bits per heavy atom. The first-order chi connectivity index (χ1) is 14.1. The van der Waals surface area contributed by atoms with Gasteiger partial charge in [0.2, 0.25) is 5.91 Å². The number of carbonyl (C=O) groups is 2. The number of nitrogens with zero attached hydrogens (tertiary/aromatic N) is 2. The second-order valence-electron chi connectivity index (χ2n) is 7.37. The number of nitrogens with one attached hydrogen (secondary N) is 1. The van der Waals surface area contributed by atoms with Gasteiger partial charge in [-0.25, -0.2) is 4.39 Å². The molecule has 0 bridgehead atoms. The van der Waals surface area contributed by atoms with E-state index in [2.05, 4.69) is 24.4 Å². The summed E-state index contributed by atoms with van der Waals surface area (Å²) >= 11 is 0. The summed E-state index contributed by atoms with van der Waals surface area (Å²) in [5.74, 6) is -0.493. The zero-order chi connectivity index (χ0) is 20.6. The molecule has 0 aromatic heterocycles. The molecule has 2 amide bonds. The topological polar surface area (TPSA) is 52.7 Å². The van der Waals surface area contributed by atoms with Gasteiger partial charge in [-0.1, -0.05) is 49.4 Å². The van der Waals surface area contributed by atoms with Crippen LogP contribution in [-0.2, 0) is 4.79 Å². The molecule has 1 N–H and O–H groups in total. The summed E-state index contributed by atoms with van der Waals surface area (Å²) in [5.41, 5.74) is 1.33. The average Bonchev–Trinajstić information content (AvgIpc) is 2.75. The molecule has 1 fully saturated rings. The summed E-state index contributed by atoms with van der Waals surface area (Å²) in [6.45, 7) is 5.23. The minimum Gasteiger partial charge on any atom is -0.354 e. The van der Waals surface area contributed by atoms with Crippen LogP contribution in [0.25, 0.3) is 0 Å². The van der Waals surface area contributed by atoms with E-state index in [0.717, 1.165) is 6.42 Å². The van der Waals surface area contributed by atoms with Gasteiger partial charge in [0.25, 0.3) is 5.91 Å². The van der Waals surface area contributed by atoms with E-state index in [1.807, 2.05) is 23.1 Å². The second kappa shape index (κ2) is 10.2. The number of benzene rings is 2. The number of amides is 2. The van der Waals surface area contributed by atoms with Crippen molar-refractivity contribution in [2.75, 3.05) is 39.3 Å². The monoisotopic (exact) mass is 397 g/mol. The molecule has 1 aliphatic rings. The Morgan fingerprint density at radius 2 is 1.66 bits per heavy atom. The zero-order valence-corrected chi connectivity index (χ0v) is 16.8. The first kappa shape index (κ1) is 21.0. The standard InChI is InChI=1S/C23H28FN3O2/c1-2-18(19-8-4-3-5-9-19)16-25-22(28)17-26-12-14-27(15-13-26)23(29)20-10-6-7-11-21(20)24/h3-11,18H,2,12-17H2,1H3,(H,25,28). The number of piperazine rings is 1.